The molecule has 0 spiro atoms. The van der Waals surface area contributed by atoms with Crippen LogP contribution < -0.4 is 0 Å². The van der Waals surface area contributed by atoms with Gasteiger partial charge in [0.05, 0.1) is 17.8 Å². The molecule has 1 saturated heterocycles. The first-order valence-electron chi connectivity index (χ1n) is 6.17. The molecule has 88 valence electrons. The number of nitrogens with zero attached hydrogens (tertiary/aromatic N) is 3. The quantitative estimate of drug-likeness (QED) is 0.729. The maximum atomic E-state index is 8.70. The van der Waals surface area contributed by atoms with Gasteiger partial charge in [0.15, 0.2) is 0 Å². The van der Waals surface area contributed by atoms with E-state index in [0.29, 0.717) is 5.56 Å². The van der Waals surface area contributed by atoms with E-state index in [-0.39, 0.29) is 0 Å². The standard InChI is InChI=1S/C14H17N3/c15-11-13-5-7-14(8-6-13)12-16-17-9-3-1-2-4-10-17/h5-8,12H,1-4,9-10H2/b16-12+. The van der Waals surface area contributed by atoms with E-state index >= 15 is 0 Å². The predicted molar refractivity (Wildman–Crippen MR) is 68.8 cm³/mol. The molecule has 1 aliphatic rings. The highest BCUT2D eigenvalue weighted by atomic mass is 15.4. The molecular weight excluding hydrogens is 210 g/mol. The van der Waals surface area contributed by atoms with Crippen molar-refractivity contribution in [2.75, 3.05) is 13.1 Å². The molecule has 0 aliphatic carbocycles. The molecule has 17 heavy (non-hydrogen) atoms. The third kappa shape index (κ3) is 3.60. The first-order chi connectivity index (χ1) is 8.38. The Labute approximate surface area is 102 Å². The van der Waals surface area contributed by atoms with Gasteiger partial charge >= 0.3 is 0 Å². The summed E-state index contributed by atoms with van der Waals surface area (Å²) in [6, 6.07) is 9.62. The van der Waals surface area contributed by atoms with Gasteiger partial charge in [0.1, 0.15) is 0 Å². The molecule has 2 rings (SSSR count). The fourth-order valence-electron chi connectivity index (χ4n) is 1.96. The van der Waals surface area contributed by atoms with Gasteiger partial charge < -0.3 is 0 Å². The molecule has 3 nitrogen and oxygen atoms in total. The molecule has 0 bridgehead atoms. The highest BCUT2D eigenvalue weighted by molar-refractivity contribution is 5.79. The molecule has 1 fully saturated rings. The Morgan fingerprint density at radius 1 is 1.06 bits per heavy atom. The molecule has 0 atom stereocenters. The van der Waals surface area contributed by atoms with E-state index in [0.717, 1.165) is 18.7 Å². The molecule has 1 aromatic carbocycles. The van der Waals surface area contributed by atoms with Crippen LogP contribution in [0, 0.1) is 11.3 Å². The molecule has 0 N–H and O–H groups in total. The van der Waals surface area contributed by atoms with Gasteiger partial charge in [0.2, 0.25) is 0 Å². The third-order valence-electron chi connectivity index (χ3n) is 2.99. The molecule has 0 aromatic heterocycles. The summed E-state index contributed by atoms with van der Waals surface area (Å²) in [7, 11) is 0. The fourth-order valence-corrected chi connectivity index (χ4v) is 1.96. The van der Waals surface area contributed by atoms with Gasteiger partial charge in [-0.2, -0.15) is 10.4 Å². The summed E-state index contributed by atoms with van der Waals surface area (Å²) in [6.45, 7) is 2.12. The van der Waals surface area contributed by atoms with Crippen LogP contribution >= 0.6 is 0 Å². The zero-order valence-corrected chi connectivity index (χ0v) is 9.97. The fraction of sp³-hybridized carbons (Fsp3) is 0.429. The SMILES string of the molecule is N#Cc1ccc(/C=N/N2CCCCCC2)cc1. The predicted octanol–water partition coefficient (Wildman–Crippen LogP) is 2.77. The van der Waals surface area contributed by atoms with E-state index in [1.54, 1.807) is 0 Å². The highest BCUT2D eigenvalue weighted by Gasteiger charge is 2.04. The van der Waals surface area contributed by atoms with Crippen molar-refractivity contribution in [3.63, 3.8) is 0 Å². The lowest BCUT2D eigenvalue weighted by molar-refractivity contribution is 0.302. The number of benzene rings is 1. The van der Waals surface area contributed by atoms with Crippen LogP contribution in [0.1, 0.15) is 36.8 Å². The Morgan fingerprint density at radius 2 is 1.71 bits per heavy atom. The van der Waals surface area contributed by atoms with Gasteiger partial charge in [0.25, 0.3) is 0 Å². The van der Waals surface area contributed by atoms with Gasteiger partial charge in [-0.3, -0.25) is 5.01 Å². The summed E-state index contributed by atoms with van der Waals surface area (Å²) >= 11 is 0. The van der Waals surface area contributed by atoms with Crippen LogP contribution in [0.3, 0.4) is 0 Å². The lowest BCUT2D eigenvalue weighted by Crippen LogP contribution is -2.18. The lowest BCUT2D eigenvalue weighted by atomic mass is 10.2. The second-order valence-electron chi connectivity index (χ2n) is 4.35. The van der Waals surface area contributed by atoms with Gasteiger partial charge in [-0.05, 0) is 30.5 Å². The third-order valence-corrected chi connectivity index (χ3v) is 2.99. The molecular formula is C14H17N3. The molecule has 0 unspecified atom stereocenters. The van der Waals surface area contributed by atoms with Crippen LogP contribution in [-0.2, 0) is 0 Å². The van der Waals surface area contributed by atoms with E-state index in [1.165, 1.54) is 25.7 Å². The summed E-state index contributed by atoms with van der Waals surface area (Å²) in [6.07, 6.45) is 7.01. The normalized spacial score (nSPS) is 16.8. The summed E-state index contributed by atoms with van der Waals surface area (Å²) in [5.41, 5.74) is 1.74. The number of hydrogen-bond acceptors (Lipinski definition) is 3. The van der Waals surface area contributed by atoms with Crippen molar-refractivity contribution in [1.29, 1.82) is 5.26 Å². The number of rotatable bonds is 2. The van der Waals surface area contributed by atoms with E-state index in [2.05, 4.69) is 16.2 Å². The second-order valence-corrected chi connectivity index (χ2v) is 4.35. The van der Waals surface area contributed by atoms with E-state index in [4.69, 9.17) is 5.26 Å². The van der Waals surface area contributed by atoms with Crippen LogP contribution in [0.4, 0.5) is 0 Å². The minimum Gasteiger partial charge on any atom is -0.297 e. The molecule has 1 heterocycles. The van der Waals surface area contributed by atoms with Crippen molar-refractivity contribution in [3.8, 4) is 6.07 Å². The highest BCUT2D eigenvalue weighted by Crippen LogP contribution is 2.09. The van der Waals surface area contributed by atoms with Gasteiger partial charge in [-0.15, -0.1) is 0 Å². The van der Waals surface area contributed by atoms with Crippen molar-refractivity contribution in [3.05, 3.63) is 35.4 Å². The van der Waals surface area contributed by atoms with Crippen molar-refractivity contribution < 1.29 is 0 Å². The van der Waals surface area contributed by atoms with Crippen molar-refractivity contribution in [1.82, 2.24) is 5.01 Å². The zero-order valence-electron chi connectivity index (χ0n) is 9.97. The van der Waals surface area contributed by atoms with Crippen molar-refractivity contribution >= 4 is 6.21 Å². The molecule has 1 aromatic rings. The van der Waals surface area contributed by atoms with Crippen LogP contribution in [0.5, 0.6) is 0 Å². The Kier molecular flexibility index (Phi) is 4.15. The lowest BCUT2D eigenvalue weighted by Gasteiger charge is -2.15. The van der Waals surface area contributed by atoms with Gasteiger partial charge in [-0.25, -0.2) is 0 Å². The first kappa shape index (κ1) is 11.7. The van der Waals surface area contributed by atoms with Crippen LogP contribution in [-0.4, -0.2) is 24.3 Å². The Morgan fingerprint density at radius 3 is 2.29 bits per heavy atom. The average molecular weight is 227 g/mol. The van der Waals surface area contributed by atoms with E-state index < -0.39 is 0 Å². The summed E-state index contributed by atoms with van der Waals surface area (Å²) in [5, 5.41) is 15.3. The summed E-state index contributed by atoms with van der Waals surface area (Å²) < 4.78 is 0. The molecule has 0 radical (unpaired) electrons. The largest absolute Gasteiger partial charge is 0.297 e. The van der Waals surface area contributed by atoms with Crippen molar-refractivity contribution in [2.45, 2.75) is 25.7 Å². The minimum absolute atomic E-state index is 0.692. The Bertz CT molecular complexity index is 406. The van der Waals surface area contributed by atoms with Crippen LogP contribution in [0.15, 0.2) is 29.4 Å². The summed E-state index contributed by atoms with van der Waals surface area (Å²) in [4.78, 5) is 0. The first-order valence-corrected chi connectivity index (χ1v) is 6.17. The molecule has 0 amide bonds. The van der Waals surface area contributed by atoms with E-state index in [9.17, 15) is 0 Å². The summed E-state index contributed by atoms with van der Waals surface area (Å²) in [5.74, 6) is 0. The number of nitriles is 1. The molecule has 0 saturated carbocycles. The van der Waals surface area contributed by atoms with Crippen LogP contribution in [0.25, 0.3) is 0 Å². The smallest absolute Gasteiger partial charge is 0.0991 e. The Balaban J connectivity index is 1.96. The molecule has 3 heteroatoms. The van der Waals surface area contributed by atoms with Gasteiger partial charge in [-0.1, -0.05) is 25.0 Å². The van der Waals surface area contributed by atoms with Gasteiger partial charge in [0, 0.05) is 13.1 Å². The number of hydrogen-bond donors (Lipinski definition) is 0. The topological polar surface area (TPSA) is 39.4 Å². The minimum atomic E-state index is 0.692. The Hall–Kier alpha value is -1.82. The van der Waals surface area contributed by atoms with Crippen LogP contribution in [0.2, 0.25) is 0 Å². The average Bonchev–Trinajstić information content (AvgIpc) is 2.65. The second kappa shape index (κ2) is 6.05. The maximum absolute atomic E-state index is 8.70. The van der Waals surface area contributed by atoms with E-state index in [1.807, 2.05) is 30.5 Å². The van der Waals surface area contributed by atoms with Crippen molar-refractivity contribution in [2.24, 2.45) is 5.10 Å². The number of hydrazone groups is 1. The zero-order chi connectivity index (χ0) is 11.9. The maximum Gasteiger partial charge on any atom is 0.0991 e. The monoisotopic (exact) mass is 227 g/mol. The molecule has 1 aliphatic heterocycles.